The summed E-state index contributed by atoms with van der Waals surface area (Å²) in [6, 6.07) is 0. The molecule has 0 aliphatic rings. The molecular weight excluding hydrogens is 250 g/mol. The molecule has 1 aromatic rings. The van der Waals surface area contributed by atoms with Crippen molar-refractivity contribution in [1.29, 1.82) is 0 Å². The van der Waals surface area contributed by atoms with Crippen LogP contribution in [0.2, 0.25) is 0 Å². The average Bonchev–Trinajstić information content (AvgIpc) is 2.80. The first kappa shape index (κ1) is 14.4. The minimum Gasteiger partial charge on any atom is -0.368 e. The highest BCUT2D eigenvalue weighted by molar-refractivity contribution is 7.99. The number of terminal acetylenes is 1. The number of rotatable bonds is 6. The number of amides is 1. The van der Waals surface area contributed by atoms with Gasteiger partial charge in [0.2, 0.25) is 17.0 Å². The number of nitrogens with zero attached hydrogens (tertiary/aromatic N) is 2. The van der Waals surface area contributed by atoms with Gasteiger partial charge in [0.05, 0.1) is 5.75 Å². The zero-order chi connectivity index (χ0) is 13.6. The van der Waals surface area contributed by atoms with Crippen LogP contribution in [0, 0.1) is 12.3 Å². The second-order valence-electron chi connectivity index (χ2n) is 3.77. The zero-order valence-corrected chi connectivity index (χ0v) is 11.3. The van der Waals surface area contributed by atoms with E-state index in [0.717, 1.165) is 0 Å². The van der Waals surface area contributed by atoms with Crippen LogP contribution in [0.25, 0.3) is 0 Å². The van der Waals surface area contributed by atoms with Gasteiger partial charge in [-0.3, -0.25) is 4.79 Å². The number of nitrogen functional groups attached to an aromatic ring is 1. The molecular formula is C11H17N5OS. The van der Waals surface area contributed by atoms with E-state index in [2.05, 4.69) is 26.4 Å². The number of H-pyrrole nitrogens is 1. The molecule has 4 N–H and O–H groups in total. The number of aromatic amines is 1. The van der Waals surface area contributed by atoms with Gasteiger partial charge < -0.3 is 11.1 Å². The molecule has 0 unspecified atom stereocenters. The van der Waals surface area contributed by atoms with Crippen LogP contribution >= 0.6 is 11.8 Å². The highest BCUT2D eigenvalue weighted by Crippen LogP contribution is 2.16. The number of carbonyl (C=O) groups is 1. The van der Waals surface area contributed by atoms with Crippen LogP contribution in [0.15, 0.2) is 5.16 Å². The number of hydrogen-bond acceptors (Lipinski definition) is 5. The molecule has 1 heterocycles. The van der Waals surface area contributed by atoms with Gasteiger partial charge >= 0.3 is 0 Å². The number of aromatic nitrogens is 3. The van der Waals surface area contributed by atoms with Crippen LogP contribution in [-0.4, -0.2) is 32.4 Å². The summed E-state index contributed by atoms with van der Waals surface area (Å²) in [5, 5.41) is 9.64. The van der Waals surface area contributed by atoms with E-state index in [4.69, 9.17) is 12.2 Å². The molecule has 18 heavy (non-hydrogen) atoms. The van der Waals surface area contributed by atoms with Gasteiger partial charge in [0.25, 0.3) is 0 Å². The molecule has 0 radical (unpaired) electrons. The fourth-order valence-corrected chi connectivity index (χ4v) is 2.03. The largest absolute Gasteiger partial charge is 0.368 e. The molecule has 98 valence electrons. The van der Waals surface area contributed by atoms with Crippen molar-refractivity contribution in [3.8, 4) is 12.3 Å². The van der Waals surface area contributed by atoms with Gasteiger partial charge in [-0.2, -0.15) is 4.98 Å². The van der Waals surface area contributed by atoms with Crippen LogP contribution < -0.4 is 11.1 Å². The minimum atomic E-state index is -0.560. The van der Waals surface area contributed by atoms with Crippen molar-refractivity contribution in [3.63, 3.8) is 0 Å². The molecule has 1 aromatic heterocycles. The molecule has 0 saturated heterocycles. The number of thioether (sulfide) groups is 1. The lowest BCUT2D eigenvalue weighted by Crippen LogP contribution is -2.47. The third-order valence-electron chi connectivity index (χ3n) is 2.68. The van der Waals surface area contributed by atoms with Crippen molar-refractivity contribution < 1.29 is 4.79 Å². The van der Waals surface area contributed by atoms with Gasteiger partial charge in [0, 0.05) is 0 Å². The Labute approximate surface area is 111 Å². The van der Waals surface area contributed by atoms with Crippen molar-refractivity contribution in [2.75, 3.05) is 11.5 Å². The summed E-state index contributed by atoms with van der Waals surface area (Å²) in [6.07, 6.45) is 6.87. The maximum absolute atomic E-state index is 11.8. The molecule has 0 aliphatic heterocycles. The van der Waals surface area contributed by atoms with Gasteiger partial charge in [-0.05, 0) is 12.8 Å². The molecule has 6 nitrogen and oxygen atoms in total. The highest BCUT2D eigenvalue weighted by atomic mass is 32.2. The number of nitrogens with one attached hydrogen (secondary N) is 2. The topological polar surface area (TPSA) is 96.7 Å². The summed E-state index contributed by atoms with van der Waals surface area (Å²) in [4.78, 5) is 15.7. The molecule has 0 fully saturated rings. The van der Waals surface area contributed by atoms with Gasteiger partial charge in [-0.15, -0.1) is 11.5 Å². The van der Waals surface area contributed by atoms with Crippen molar-refractivity contribution in [2.24, 2.45) is 0 Å². The van der Waals surface area contributed by atoms with E-state index in [9.17, 15) is 4.79 Å². The lowest BCUT2D eigenvalue weighted by Gasteiger charge is -2.26. The summed E-state index contributed by atoms with van der Waals surface area (Å²) in [7, 11) is 0. The first-order valence-electron chi connectivity index (χ1n) is 5.64. The summed E-state index contributed by atoms with van der Waals surface area (Å²) in [5.41, 5.74) is 4.82. The Hall–Kier alpha value is -1.68. The number of hydrogen-bond donors (Lipinski definition) is 3. The SMILES string of the molecule is C#CC(CC)(CC)NC(=O)CSc1n[nH]c(N)n1. The van der Waals surface area contributed by atoms with Crippen molar-refractivity contribution in [3.05, 3.63) is 0 Å². The summed E-state index contributed by atoms with van der Waals surface area (Å²) in [5.74, 6) is 2.96. The third-order valence-corrected chi connectivity index (χ3v) is 3.52. The fourth-order valence-electron chi connectivity index (χ4n) is 1.42. The third kappa shape index (κ3) is 3.67. The molecule has 1 rings (SSSR count). The number of nitrogens with two attached hydrogens (primary N) is 1. The standard InChI is InChI=1S/C11H17N5OS/c1-4-11(5-2,6-3)14-8(17)7-18-10-13-9(12)15-16-10/h1H,5-7H2,2-3H3,(H,14,17)(H3,12,13,15,16). The lowest BCUT2D eigenvalue weighted by molar-refractivity contribution is -0.119. The normalized spacial score (nSPS) is 10.9. The first-order chi connectivity index (χ1) is 8.55. The van der Waals surface area contributed by atoms with Gasteiger partial charge in [-0.25, -0.2) is 5.10 Å². The molecule has 0 bridgehead atoms. The van der Waals surface area contributed by atoms with Crippen LogP contribution in [-0.2, 0) is 4.79 Å². The van der Waals surface area contributed by atoms with Crippen LogP contribution in [0.1, 0.15) is 26.7 Å². The predicted octanol–water partition coefficient (Wildman–Crippen LogP) is 0.787. The molecule has 0 aliphatic carbocycles. The molecule has 0 aromatic carbocycles. The lowest BCUT2D eigenvalue weighted by atomic mass is 9.94. The number of anilines is 1. The fraction of sp³-hybridized carbons (Fsp3) is 0.545. The van der Waals surface area contributed by atoms with Crippen LogP contribution in [0.4, 0.5) is 5.95 Å². The first-order valence-corrected chi connectivity index (χ1v) is 6.63. The Morgan fingerprint density at radius 1 is 1.61 bits per heavy atom. The van der Waals surface area contributed by atoms with Crippen LogP contribution in [0.3, 0.4) is 0 Å². The monoisotopic (exact) mass is 267 g/mol. The Morgan fingerprint density at radius 3 is 2.72 bits per heavy atom. The Bertz CT molecular complexity index is 447. The van der Waals surface area contributed by atoms with E-state index < -0.39 is 5.54 Å². The molecule has 1 amide bonds. The van der Waals surface area contributed by atoms with E-state index in [1.807, 2.05) is 13.8 Å². The van der Waals surface area contributed by atoms with Crippen molar-refractivity contribution >= 4 is 23.6 Å². The smallest absolute Gasteiger partial charge is 0.231 e. The minimum absolute atomic E-state index is 0.134. The molecule has 0 saturated carbocycles. The summed E-state index contributed by atoms with van der Waals surface area (Å²) < 4.78 is 0. The maximum atomic E-state index is 11.8. The second-order valence-corrected chi connectivity index (χ2v) is 4.72. The quantitative estimate of drug-likeness (QED) is 0.523. The summed E-state index contributed by atoms with van der Waals surface area (Å²) >= 11 is 1.21. The average molecular weight is 267 g/mol. The van der Waals surface area contributed by atoms with Crippen LogP contribution in [0.5, 0.6) is 0 Å². The van der Waals surface area contributed by atoms with E-state index in [1.54, 1.807) is 0 Å². The van der Waals surface area contributed by atoms with Gasteiger partial charge in [0.15, 0.2) is 0 Å². The molecule has 7 heteroatoms. The van der Waals surface area contributed by atoms with E-state index in [-0.39, 0.29) is 17.6 Å². The zero-order valence-electron chi connectivity index (χ0n) is 10.5. The van der Waals surface area contributed by atoms with E-state index >= 15 is 0 Å². The van der Waals surface area contributed by atoms with Crippen molar-refractivity contribution in [2.45, 2.75) is 37.4 Å². The predicted molar refractivity (Wildman–Crippen MR) is 71.8 cm³/mol. The molecule has 0 spiro atoms. The molecule has 0 atom stereocenters. The highest BCUT2D eigenvalue weighted by Gasteiger charge is 2.25. The number of carbonyl (C=O) groups excluding carboxylic acids is 1. The van der Waals surface area contributed by atoms with E-state index in [1.165, 1.54) is 11.8 Å². The second kappa shape index (κ2) is 6.31. The Morgan fingerprint density at radius 2 is 2.28 bits per heavy atom. The van der Waals surface area contributed by atoms with Gasteiger partial charge in [-0.1, -0.05) is 31.5 Å². The maximum Gasteiger partial charge on any atom is 0.231 e. The van der Waals surface area contributed by atoms with Crippen molar-refractivity contribution in [1.82, 2.24) is 20.5 Å². The Kier molecular flexibility index (Phi) is 5.04. The van der Waals surface area contributed by atoms with E-state index in [0.29, 0.717) is 18.0 Å². The van der Waals surface area contributed by atoms with Gasteiger partial charge in [0.1, 0.15) is 5.54 Å². The summed E-state index contributed by atoms with van der Waals surface area (Å²) in [6.45, 7) is 3.90. The Balaban J connectivity index is 2.49.